The Morgan fingerprint density at radius 2 is 1.87 bits per heavy atom. The molecule has 1 heterocycles. The lowest BCUT2D eigenvalue weighted by atomic mass is 10.3. The highest BCUT2D eigenvalue weighted by Gasteiger charge is 2.08. The first-order chi connectivity index (χ1) is 7.09. The van der Waals surface area contributed by atoms with Gasteiger partial charge >= 0.3 is 0 Å². The molecule has 0 unspecified atom stereocenters. The second kappa shape index (κ2) is 4.23. The van der Waals surface area contributed by atoms with Crippen LogP contribution in [0.5, 0.6) is 0 Å². The minimum Gasteiger partial charge on any atom is -0.335 e. The number of aryl methyl sites for hydroxylation is 1. The van der Waals surface area contributed by atoms with Crippen LogP contribution in [0.2, 0.25) is 0 Å². The topological polar surface area (TPSA) is 20.7 Å². The molecule has 0 radical (unpaired) electrons. The lowest BCUT2D eigenvalue weighted by Gasteiger charge is -2.07. The number of imidazole rings is 1. The number of H-pyrrole nitrogens is 1. The lowest BCUT2D eigenvalue weighted by molar-refractivity contribution is 1.02. The predicted molar refractivity (Wildman–Crippen MR) is 71.1 cm³/mol. The van der Waals surface area contributed by atoms with Gasteiger partial charge in [0.05, 0.1) is 5.69 Å². The number of benzene rings is 1. The SMILES string of the molecule is Cc1cn(-c2c(Br)cccc2Br)c(=S)[nH]1. The highest BCUT2D eigenvalue weighted by Crippen LogP contribution is 2.29. The van der Waals surface area contributed by atoms with Crippen molar-refractivity contribution in [2.24, 2.45) is 0 Å². The normalized spacial score (nSPS) is 10.6. The molecule has 0 fully saturated rings. The van der Waals surface area contributed by atoms with Crippen LogP contribution < -0.4 is 0 Å². The van der Waals surface area contributed by atoms with Crippen LogP contribution in [-0.4, -0.2) is 9.55 Å². The zero-order valence-corrected chi connectivity index (χ0v) is 11.9. The average molecular weight is 348 g/mol. The smallest absolute Gasteiger partial charge is 0.182 e. The van der Waals surface area contributed by atoms with Crippen molar-refractivity contribution in [2.45, 2.75) is 6.92 Å². The summed E-state index contributed by atoms with van der Waals surface area (Å²) in [6, 6.07) is 5.95. The molecule has 1 N–H and O–H groups in total. The van der Waals surface area contributed by atoms with Crippen molar-refractivity contribution in [1.82, 2.24) is 9.55 Å². The Kier molecular flexibility index (Phi) is 3.13. The Morgan fingerprint density at radius 3 is 2.33 bits per heavy atom. The molecule has 0 saturated heterocycles. The van der Waals surface area contributed by atoms with Crippen molar-refractivity contribution in [3.63, 3.8) is 0 Å². The molecule has 0 amide bonds. The molecule has 0 atom stereocenters. The van der Waals surface area contributed by atoms with Crippen molar-refractivity contribution in [3.05, 3.63) is 43.8 Å². The molecule has 78 valence electrons. The second-order valence-corrected chi connectivity index (χ2v) is 5.28. The molecule has 0 aliphatic carbocycles. The maximum atomic E-state index is 5.24. The Labute approximate surface area is 110 Å². The third-order valence-corrected chi connectivity index (χ3v) is 3.60. The van der Waals surface area contributed by atoms with Gasteiger partial charge in [0, 0.05) is 20.8 Å². The van der Waals surface area contributed by atoms with Crippen molar-refractivity contribution in [3.8, 4) is 5.69 Å². The van der Waals surface area contributed by atoms with E-state index in [1.165, 1.54) is 0 Å². The minimum absolute atomic E-state index is 0.695. The van der Waals surface area contributed by atoms with Gasteiger partial charge in [-0.15, -0.1) is 0 Å². The van der Waals surface area contributed by atoms with Crippen LogP contribution in [0.15, 0.2) is 33.3 Å². The van der Waals surface area contributed by atoms with Crippen LogP contribution in [0, 0.1) is 11.7 Å². The number of nitrogens with one attached hydrogen (secondary N) is 1. The molecule has 0 saturated carbocycles. The first-order valence-electron chi connectivity index (χ1n) is 4.32. The molecule has 0 bridgehead atoms. The number of nitrogens with zero attached hydrogens (tertiary/aromatic N) is 1. The number of halogens is 2. The average Bonchev–Trinajstić information content (AvgIpc) is 2.45. The molecular weight excluding hydrogens is 340 g/mol. The van der Waals surface area contributed by atoms with E-state index in [4.69, 9.17) is 12.2 Å². The van der Waals surface area contributed by atoms with Gasteiger partial charge < -0.3 is 4.98 Å². The van der Waals surface area contributed by atoms with Crippen LogP contribution in [-0.2, 0) is 0 Å². The summed E-state index contributed by atoms with van der Waals surface area (Å²) in [5.41, 5.74) is 2.06. The lowest BCUT2D eigenvalue weighted by Crippen LogP contribution is -1.94. The number of aromatic nitrogens is 2. The summed E-state index contributed by atoms with van der Waals surface area (Å²) in [5, 5.41) is 0. The van der Waals surface area contributed by atoms with Gasteiger partial charge in [-0.3, -0.25) is 4.57 Å². The van der Waals surface area contributed by atoms with E-state index in [2.05, 4.69) is 36.8 Å². The van der Waals surface area contributed by atoms with E-state index < -0.39 is 0 Å². The molecule has 0 aliphatic rings. The van der Waals surface area contributed by atoms with E-state index in [1.54, 1.807) is 0 Å². The van der Waals surface area contributed by atoms with Gasteiger partial charge in [0.1, 0.15) is 0 Å². The van der Waals surface area contributed by atoms with Crippen LogP contribution in [0.25, 0.3) is 5.69 Å². The van der Waals surface area contributed by atoms with Gasteiger partial charge in [-0.25, -0.2) is 0 Å². The van der Waals surface area contributed by atoms with Crippen LogP contribution in [0.3, 0.4) is 0 Å². The molecular formula is C10H8Br2N2S. The molecule has 1 aromatic carbocycles. The first-order valence-corrected chi connectivity index (χ1v) is 6.31. The molecule has 2 rings (SSSR count). The molecule has 0 spiro atoms. The summed E-state index contributed by atoms with van der Waals surface area (Å²) in [6.45, 7) is 1.98. The standard InChI is InChI=1S/C10H8Br2N2S/c1-6-5-14(10(15)13-6)9-7(11)3-2-4-8(9)12/h2-5H,1H3,(H,13,15). The van der Waals surface area contributed by atoms with Crippen molar-refractivity contribution in [2.75, 3.05) is 0 Å². The van der Waals surface area contributed by atoms with E-state index >= 15 is 0 Å². The zero-order chi connectivity index (χ0) is 11.0. The third-order valence-electron chi connectivity index (χ3n) is 2.02. The van der Waals surface area contributed by atoms with E-state index in [9.17, 15) is 0 Å². The highest BCUT2D eigenvalue weighted by molar-refractivity contribution is 9.11. The van der Waals surface area contributed by atoms with Crippen molar-refractivity contribution >= 4 is 44.1 Å². The van der Waals surface area contributed by atoms with Gasteiger partial charge in [0.2, 0.25) is 0 Å². The Hall–Kier alpha value is -0.390. The maximum Gasteiger partial charge on any atom is 0.182 e. The van der Waals surface area contributed by atoms with E-state index in [0.717, 1.165) is 20.3 Å². The van der Waals surface area contributed by atoms with Gasteiger partial charge in [0.15, 0.2) is 4.77 Å². The predicted octanol–water partition coefficient (Wildman–Crippen LogP) is 4.37. The number of hydrogen-bond acceptors (Lipinski definition) is 1. The Balaban J connectivity index is 2.74. The molecule has 1 aromatic heterocycles. The molecule has 2 aromatic rings. The van der Waals surface area contributed by atoms with Crippen LogP contribution in [0.1, 0.15) is 5.69 Å². The highest BCUT2D eigenvalue weighted by atomic mass is 79.9. The van der Waals surface area contributed by atoms with Crippen LogP contribution >= 0.6 is 44.1 Å². The fourth-order valence-corrected chi connectivity index (χ4v) is 3.08. The van der Waals surface area contributed by atoms with Crippen molar-refractivity contribution < 1.29 is 0 Å². The quantitative estimate of drug-likeness (QED) is 0.760. The third kappa shape index (κ3) is 2.09. The second-order valence-electron chi connectivity index (χ2n) is 3.18. The van der Waals surface area contributed by atoms with E-state index in [-0.39, 0.29) is 0 Å². The molecule has 5 heteroatoms. The first kappa shape index (κ1) is 11.1. The molecule has 2 nitrogen and oxygen atoms in total. The number of para-hydroxylation sites is 1. The summed E-state index contributed by atoms with van der Waals surface area (Å²) < 4.78 is 4.65. The fourth-order valence-electron chi connectivity index (χ4n) is 1.40. The van der Waals surface area contributed by atoms with Crippen LogP contribution in [0.4, 0.5) is 0 Å². The van der Waals surface area contributed by atoms with Gasteiger partial charge in [-0.05, 0) is 63.1 Å². The Bertz CT molecular complexity index is 537. The molecule has 0 aliphatic heterocycles. The van der Waals surface area contributed by atoms with Gasteiger partial charge in [-0.2, -0.15) is 0 Å². The fraction of sp³-hybridized carbons (Fsp3) is 0.100. The zero-order valence-electron chi connectivity index (χ0n) is 7.92. The Morgan fingerprint density at radius 1 is 1.27 bits per heavy atom. The number of rotatable bonds is 1. The monoisotopic (exact) mass is 346 g/mol. The van der Waals surface area contributed by atoms with Crippen molar-refractivity contribution in [1.29, 1.82) is 0 Å². The number of aromatic amines is 1. The van der Waals surface area contributed by atoms with E-state index in [1.807, 2.05) is 35.9 Å². The summed E-state index contributed by atoms with van der Waals surface area (Å²) in [7, 11) is 0. The largest absolute Gasteiger partial charge is 0.335 e. The summed E-state index contributed by atoms with van der Waals surface area (Å²) in [4.78, 5) is 3.10. The van der Waals surface area contributed by atoms with Gasteiger partial charge in [0.25, 0.3) is 0 Å². The number of hydrogen-bond donors (Lipinski definition) is 1. The summed E-state index contributed by atoms with van der Waals surface area (Å²) >= 11 is 12.3. The maximum absolute atomic E-state index is 5.24. The summed E-state index contributed by atoms with van der Waals surface area (Å²) in [5.74, 6) is 0. The van der Waals surface area contributed by atoms with Gasteiger partial charge in [-0.1, -0.05) is 6.07 Å². The summed E-state index contributed by atoms with van der Waals surface area (Å²) in [6.07, 6.45) is 1.98. The minimum atomic E-state index is 0.695. The van der Waals surface area contributed by atoms with E-state index in [0.29, 0.717) is 4.77 Å². The molecule has 15 heavy (non-hydrogen) atoms.